The molecule has 0 spiro atoms. The van der Waals surface area contributed by atoms with E-state index in [1.54, 1.807) is 0 Å². The van der Waals surface area contributed by atoms with Crippen LogP contribution in [0.4, 0.5) is 0 Å². The van der Waals surface area contributed by atoms with Gasteiger partial charge in [-0.2, -0.15) is 0 Å². The van der Waals surface area contributed by atoms with Crippen molar-refractivity contribution < 1.29 is 0 Å². The van der Waals surface area contributed by atoms with Crippen LogP contribution in [0.5, 0.6) is 0 Å². The van der Waals surface area contributed by atoms with Crippen molar-refractivity contribution in [3.63, 3.8) is 0 Å². The minimum Gasteiger partial charge on any atom is -0.326 e. The van der Waals surface area contributed by atoms with Gasteiger partial charge in [0.05, 0.1) is 0 Å². The molecule has 2 fully saturated rings. The van der Waals surface area contributed by atoms with Gasteiger partial charge in [-0.3, -0.25) is 4.90 Å². The fourth-order valence-electron chi connectivity index (χ4n) is 2.67. The highest BCUT2D eigenvalue weighted by atomic mass is 15.2. The molecule has 0 amide bonds. The van der Waals surface area contributed by atoms with E-state index in [4.69, 9.17) is 5.73 Å². The van der Waals surface area contributed by atoms with Gasteiger partial charge in [0.2, 0.25) is 0 Å². The van der Waals surface area contributed by atoms with Crippen LogP contribution in [0, 0.1) is 0 Å². The van der Waals surface area contributed by atoms with E-state index in [1.165, 1.54) is 51.6 Å². The second kappa shape index (κ2) is 3.75. The third kappa shape index (κ3) is 1.64. The molecule has 2 heteroatoms. The molecular weight excluding hydrogens is 148 g/mol. The lowest BCUT2D eigenvalue weighted by Gasteiger charge is -2.35. The van der Waals surface area contributed by atoms with Gasteiger partial charge in [0, 0.05) is 12.1 Å². The summed E-state index contributed by atoms with van der Waals surface area (Å²) in [4.78, 5) is 2.61. The molecule has 0 bridgehead atoms. The van der Waals surface area contributed by atoms with Crippen molar-refractivity contribution in [3.05, 3.63) is 0 Å². The van der Waals surface area contributed by atoms with E-state index in [2.05, 4.69) is 4.90 Å². The smallest absolute Gasteiger partial charge is 0.0247 e. The van der Waals surface area contributed by atoms with Gasteiger partial charge < -0.3 is 5.73 Å². The first-order valence-corrected chi connectivity index (χ1v) is 5.37. The maximum absolute atomic E-state index is 6.12. The summed E-state index contributed by atoms with van der Waals surface area (Å²) in [5.41, 5.74) is 6.12. The Morgan fingerprint density at radius 3 is 2.25 bits per heavy atom. The Morgan fingerprint density at radius 1 is 0.917 bits per heavy atom. The maximum Gasteiger partial charge on any atom is 0.0247 e. The first-order valence-electron chi connectivity index (χ1n) is 5.37. The molecule has 1 aliphatic carbocycles. The van der Waals surface area contributed by atoms with E-state index in [0.29, 0.717) is 6.04 Å². The fourth-order valence-corrected chi connectivity index (χ4v) is 2.67. The predicted octanol–water partition coefficient (Wildman–Crippen LogP) is 1.35. The second-order valence-corrected chi connectivity index (χ2v) is 4.26. The van der Waals surface area contributed by atoms with Crippen LogP contribution in [0.3, 0.4) is 0 Å². The topological polar surface area (TPSA) is 29.3 Å². The van der Waals surface area contributed by atoms with Crippen LogP contribution in [0.25, 0.3) is 0 Å². The van der Waals surface area contributed by atoms with Crippen LogP contribution < -0.4 is 5.73 Å². The fraction of sp³-hybridized carbons (Fsp3) is 1.00. The van der Waals surface area contributed by atoms with E-state index >= 15 is 0 Å². The molecule has 0 aromatic carbocycles. The Labute approximate surface area is 75.1 Å². The van der Waals surface area contributed by atoms with Crippen molar-refractivity contribution in [1.29, 1.82) is 0 Å². The summed E-state index contributed by atoms with van der Waals surface area (Å²) in [5.74, 6) is 0. The molecule has 1 saturated heterocycles. The van der Waals surface area contributed by atoms with Gasteiger partial charge in [-0.05, 0) is 38.8 Å². The van der Waals surface area contributed by atoms with Crippen molar-refractivity contribution in [2.24, 2.45) is 5.73 Å². The summed E-state index contributed by atoms with van der Waals surface area (Å²) in [6.45, 7) is 2.61. The molecule has 2 atom stereocenters. The molecule has 1 saturated carbocycles. The van der Waals surface area contributed by atoms with Crippen molar-refractivity contribution in [3.8, 4) is 0 Å². The van der Waals surface area contributed by atoms with Crippen LogP contribution in [0.2, 0.25) is 0 Å². The number of nitrogens with two attached hydrogens (primary N) is 1. The first-order chi connectivity index (χ1) is 5.88. The summed E-state index contributed by atoms with van der Waals surface area (Å²) in [6.07, 6.45) is 8.13. The summed E-state index contributed by atoms with van der Waals surface area (Å²) < 4.78 is 0. The Balaban J connectivity index is 1.91. The zero-order valence-corrected chi connectivity index (χ0v) is 7.84. The van der Waals surface area contributed by atoms with Crippen molar-refractivity contribution in [2.75, 3.05) is 13.1 Å². The lowest BCUT2D eigenvalue weighted by Crippen LogP contribution is -2.48. The normalized spacial score (nSPS) is 38.8. The van der Waals surface area contributed by atoms with Crippen LogP contribution in [-0.2, 0) is 0 Å². The van der Waals surface area contributed by atoms with E-state index < -0.39 is 0 Å². The van der Waals surface area contributed by atoms with Gasteiger partial charge >= 0.3 is 0 Å². The third-order valence-electron chi connectivity index (χ3n) is 3.39. The van der Waals surface area contributed by atoms with E-state index in [0.717, 1.165) is 6.04 Å². The van der Waals surface area contributed by atoms with E-state index in [-0.39, 0.29) is 0 Å². The minimum atomic E-state index is 0.469. The van der Waals surface area contributed by atoms with Crippen molar-refractivity contribution >= 4 is 0 Å². The average molecular weight is 168 g/mol. The number of hydrogen-bond donors (Lipinski definition) is 1. The van der Waals surface area contributed by atoms with E-state index in [1.807, 2.05) is 0 Å². The quantitative estimate of drug-likeness (QED) is 0.640. The Hall–Kier alpha value is -0.0800. The molecule has 2 rings (SSSR count). The lowest BCUT2D eigenvalue weighted by atomic mass is 9.90. The van der Waals surface area contributed by atoms with Gasteiger partial charge in [-0.15, -0.1) is 0 Å². The van der Waals surface area contributed by atoms with Crippen molar-refractivity contribution in [1.82, 2.24) is 4.90 Å². The second-order valence-electron chi connectivity index (χ2n) is 4.26. The SMILES string of the molecule is N[C@@H]1CCCCC1N1CCCC1. The van der Waals surface area contributed by atoms with Gasteiger partial charge in [-0.25, -0.2) is 0 Å². The average Bonchev–Trinajstić information content (AvgIpc) is 2.57. The zero-order chi connectivity index (χ0) is 8.39. The standard InChI is InChI=1S/C10H20N2/c11-9-5-1-2-6-10(9)12-7-3-4-8-12/h9-10H,1-8,11H2/t9-,10?/m1/s1. The van der Waals surface area contributed by atoms with Gasteiger partial charge in [0.1, 0.15) is 0 Å². The van der Waals surface area contributed by atoms with Crippen LogP contribution >= 0.6 is 0 Å². The number of hydrogen-bond acceptors (Lipinski definition) is 2. The zero-order valence-electron chi connectivity index (χ0n) is 7.84. The van der Waals surface area contributed by atoms with Crippen LogP contribution in [0.1, 0.15) is 38.5 Å². The summed E-state index contributed by atoms with van der Waals surface area (Å²) >= 11 is 0. The molecule has 2 nitrogen and oxygen atoms in total. The molecule has 12 heavy (non-hydrogen) atoms. The number of nitrogens with zero attached hydrogens (tertiary/aromatic N) is 1. The summed E-state index contributed by atoms with van der Waals surface area (Å²) in [6, 6.07) is 1.19. The monoisotopic (exact) mass is 168 g/mol. The number of likely N-dealkylation sites (tertiary alicyclic amines) is 1. The van der Waals surface area contributed by atoms with Gasteiger partial charge in [-0.1, -0.05) is 12.8 Å². The minimum absolute atomic E-state index is 0.469. The summed E-state index contributed by atoms with van der Waals surface area (Å²) in [5, 5.41) is 0. The maximum atomic E-state index is 6.12. The van der Waals surface area contributed by atoms with Crippen molar-refractivity contribution in [2.45, 2.75) is 50.6 Å². The summed E-state index contributed by atoms with van der Waals surface area (Å²) in [7, 11) is 0. The molecule has 1 unspecified atom stereocenters. The Kier molecular flexibility index (Phi) is 2.66. The van der Waals surface area contributed by atoms with Gasteiger partial charge in [0.25, 0.3) is 0 Å². The highest BCUT2D eigenvalue weighted by Gasteiger charge is 2.28. The first kappa shape index (κ1) is 8.52. The molecular formula is C10H20N2. The van der Waals surface area contributed by atoms with Gasteiger partial charge in [0.15, 0.2) is 0 Å². The molecule has 1 heterocycles. The lowest BCUT2D eigenvalue weighted by molar-refractivity contribution is 0.168. The molecule has 2 aliphatic rings. The Morgan fingerprint density at radius 2 is 1.58 bits per heavy atom. The molecule has 2 N–H and O–H groups in total. The third-order valence-corrected chi connectivity index (χ3v) is 3.39. The highest BCUT2D eigenvalue weighted by Crippen LogP contribution is 2.24. The molecule has 0 aromatic rings. The predicted molar refractivity (Wildman–Crippen MR) is 51.0 cm³/mol. The molecule has 0 radical (unpaired) electrons. The largest absolute Gasteiger partial charge is 0.326 e. The highest BCUT2D eigenvalue weighted by molar-refractivity contribution is 4.87. The van der Waals surface area contributed by atoms with Crippen LogP contribution in [0.15, 0.2) is 0 Å². The molecule has 1 aliphatic heterocycles. The Bertz CT molecular complexity index is 141. The number of rotatable bonds is 1. The van der Waals surface area contributed by atoms with Crippen LogP contribution in [-0.4, -0.2) is 30.1 Å². The van der Waals surface area contributed by atoms with E-state index in [9.17, 15) is 0 Å². The molecule has 70 valence electrons. The molecule has 0 aromatic heterocycles.